The predicted molar refractivity (Wildman–Crippen MR) is 58.0 cm³/mol. The summed E-state index contributed by atoms with van der Waals surface area (Å²) < 4.78 is 14.2. The van der Waals surface area contributed by atoms with Crippen molar-refractivity contribution in [1.82, 2.24) is 4.98 Å². The zero-order valence-corrected chi connectivity index (χ0v) is 9.64. The first-order valence-corrected chi connectivity index (χ1v) is 4.60. The van der Waals surface area contributed by atoms with Gasteiger partial charge in [0.2, 0.25) is 0 Å². The molecule has 1 N–H and O–H groups in total. The van der Waals surface area contributed by atoms with E-state index in [0.717, 1.165) is 7.11 Å². The van der Waals surface area contributed by atoms with E-state index in [-0.39, 0.29) is 11.7 Å². The standard InChI is InChI=1S/C10H12N2O5/c1-15-6-4-5-7(12-9(6)16-2)11-8(13)10(14)17-3/h4-5H,1-3H3,(H,11,12,13). The first kappa shape index (κ1) is 12.8. The van der Waals surface area contributed by atoms with Gasteiger partial charge < -0.3 is 19.5 Å². The van der Waals surface area contributed by atoms with Crippen LogP contribution in [-0.4, -0.2) is 38.2 Å². The number of amides is 1. The topological polar surface area (TPSA) is 86.8 Å². The molecule has 92 valence electrons. The van der Waals surface area contributed by atoms with Gasteiger partial charge in [-0.1, -0.05) is 0 Å². The maximum Gasteiger partial charge on any atom is 0.396 e. The Morgan fingerprint density at radius 1 is 1.18 bits per heavy atom. The molecule has 0 aliphatic heterocycles. The molecule has 1 aromatic rings. The molecule has 0 spiro atoms. The third-order valence-electron chi connectivity index (χ3n) is 1.85. The number of nitrogens with one attached hydrogen (secondary N) is 1. The summed E-state index contributed by atoms with van der Waals surface area (Å²) in [5.41, 5.74) is 0. The molecule has 0 saturated heterocycles. The maximum atomic E-state index is 11.2. The second-order valence-corrected chi connectivity index (χ2v) is 2.85. The summed E-state index contributed by atoms with van der Waals surface area (Å²) in [7, 11) is 3.99. The summed E-state index contributed by atoms with van der Waals surface area (Å²) in [5.74, 6) is -1.12. The molecule has 1 heterocycles. The number of pyridine rings is 1. The zero-order chi connectivity index (χ0) is 12.8. The molecule has 0 fully saturated rings. The summed E-state index contributed by atoms with van der Waals surface area (Å²) >= 11 is 0. The monoisotopic (exact) mass is 240 g/mol. The molecular weight excluding hydrogens is 228 g/mol. The summed E-state index contributed by atoms with van der Waals surface area (Å²) in [6, 6.07) is 3.03. The molecule has 0 aromatic carbocycles. The van der Waals surface area contributed by atoms with Crippen LogP contribution in [-0.2, 0) is 14.3 Å². The minimum absolute atomic E-state index is 0.165. The van der Waals surface area contributed by atoms with E-state index in [1.807, 2.05) is 0 Å². The van der Waals surface area contributed by atoms with E-state index in [9.17, 15) is 9.59 Å². The molecule has 0 bridgehead atoms. The first-order valence-electron chi connectivity index (χ1n) is 4.60. The van der Waals surface area contributed by atoms with Crippen molar-refractivity contribution in [1.29, 1.82) is 0 Å². The van der Waals surface area contributed by atoms with Gasteiger partial charge in [-0.15, -0.1) is 0 Å². The highest BCUT2D eigenvalue weighted by Gasteiger charge is 2.15. The van der Waals surface area contributed by atoms with Gasteiger partial charge in [0.15, 0.2) is 5.75 Å². The first-order chi connectivity index (χ1) is 8.12. The number of esters is 1. The third-order valence-corrected chi connectivity index (χ3v) is 1.85. The second-order valence-electron chi connectivity index (χ2n) is 2.85. The highest BCUT2D eigenvalue weighted by atomic mass is 16.5. The Morgan fingerprint density at radius 2 is 1.88 bits per heavy atom. The molecule has 0 unspecified atom stereocenters. The largest absolute Gasteiger partial charge is 0.491 e. The van der Waals surface area contributed by atoms with Crippen molar-refractivity contribution in [2.75, 3.05) is 26.6 Å². The number of aromatic nitrogens is 1. The fraction of sp³-hybridized carbons (Fsp3) is 0.300. The SMILES string of the molecule is COC(=O)C(=O)Nc1ccc(OC)c(OC)n1. The highest BCUT2D eigenvalue weighted by Crippen LogP contribution is 2.25. The Balaban J connectivity index is 2.86. The summed E-state index contributed by atoms with van der Waals surface area (Å²) in [6.07, 6.45) is 0. The fourth-order valence-electron chi connectivity index (χ4n) is 1.06. The minimum Gasteiger partial charge on any atom is -0.491 e. The lowest BCUT2D eigenvalue weighted by Gasteiger charge is -2.08. The summed E-state index contributed by atoms with van der Waals surface area (Å²) in [4.78, 5) is 26.0. The number of nitrogens with zero attached hydrogens (tertiary/aromatic N) is 1. The van der Waals surface area contributed by atoms with Crippen LogP contribution in [0, 0.1) is 0 Å². The Bertz CT molecular complexity index is 433. The third kappa shape index (κ3) is 3.07. The Kier molecular flexibility index (Phi) is 4.27. The van der Waals surface area contributed by atoms with Crippen molar-refractivity contribution >= 4 is 17.7 Å². The van der Waals surface area contributed by atoms with Gasteiger partial charge in [-0.3, -0.25) is 4.79 Å². The number of ether oxygens (including phenoxy) is 3. The van der Waals surface area contributed by atoms with Crippen molar-refractivity contribution in [2.45, 2.75) is 0 Å². The van der Waals surface area contributed by atoms with Gasteiger partial charge in [0.25, 0.3) is 5.88 Å². The normalized spacial score (nSPS) is 9.35. The number of carbonyl (C=O) groups excluding carboxylic acids is 2. The smallest absolute Gasteiger partial charge is 0.396 e. The van der Waals surface area contributed by atoms with Crippen molar-refractivity contribution in [3.63, 3.8) is 0 Å². The Labute approximate surface area is 97.7 Å². The zero-order valence-electron chi connectivity index (χ0n) is 9.64. The van der Waals surface area contributed by atoms with Gasteiger partial charge in [0.05, 0.1) is 21.3 Å². The Morgan fingerprint density at radius 3 is 2.41 bits per heavy atom. The second kappa shape index (κ2) is 5.69. The molecule has 7 nitrogen and oxygen atoms in total. The van der Waals surface area contributed by atoms with Crippen LogP contribution in [0.2, 0.25) is 0 Å². The lowest BCUT2D eigenvalue weighted by molar-refractivity contribution is -0.150. The Hall–Kier alpha value is -2.31. The van der Waals surface area contributed by atoms with Crippen LogP contribution in [0.4, 0.5) is 5.82 Å². The van der Waals surface area contributed by atoms with Crippen molar-refractivity contribution in [2.24, 2.45) is 0 Å². The molecular formula is C10H12N2O5. The van der Waals surface area contributed by atoms with E-state index in [1.54, 1.807) is 6.07 Å². The van der Waals surface area contributed by atoms with Gasteiger partial charge in [-0.25, -0.2) is 4.79 Å². The van der Waals surface area contributed by atoms with Crippen LogP contribution in [0.15, 0.2) is 12.1 Å². The molecule has 7 heteroatoms. The van der Waals surface area contributed by atoms with Gasteiger partial charge in [0, 0.05) is 0 Å². The number of methoxy groups -OCH3 is 3. The molecule has 1 amide bonds. The van der Waals surface area contributed by atoms with Crippen molar-refractivity contribution < 1.29 is 23.8 Å². The quantitative estimate of drug-likeness (QED) is 0.600. The summed E-state index contributed by atoms with van der Waals surface area (Å²) in [6.45, 7) is 0. The molecule has 0 radical (unpaired) electrons. The van der Waals surface area contributed by atoms with Gasteiger partial charge in [-0.2, -0.15) is 4.98 Å². The van der Waals surface area contributed by atoms with Crippen molar-refractivity contribution in [3.8, 4) is 11.6 Å². The van der Waals surface area contributed by atoms with Crippen LogP contribution >= 0.6 is 0 Å². The average Bonchev–Trinajstić information content (AvgIpc) is 2.37. The van der Waals surface area contributed by atoms with Crippen LogP contribution in [0.1, 0.15) is 0 Å². The number of anilines is 1. The van der Waals surface area contributed by atoms with Crippen molar-refractivity contribution in [3.05, 3.63) is 12.1 Å². The minimum atomic E-state index is -0.999. The molecule has 0 atom stereocenters. The van der Waals surface area contributed by atoms with Crippen LogP contribution in [0.5, 0.6) is 11.6 Å². The van der Waals surface area contributed by atoms with Crippen LogP contribution in [0.25, 0.3) is 0 Å². The molecule has 17 heavy (non-hydrogen) atoms. The number of hydrogen-bond acceptors (Lipinski definition) is 6. The van der Waals surface area contributed by atoms with Gasteiger partial charge in [0.1, 0.15) is 5.82 Å². The molecule has 1 rings (SSSR count). The van der Waals surface area contributed by atoms with E-state index >= 15 is 0 Å². The van der Waals surface area contributed by atoms with E-state index in [4.69, 9.17) is 9.47 Å². The van der Waals surface area contributed by atoms with E-state index in [0.29, 0.717) is 5.75 Å². The fourth-order valence-corrected chi connectivity index (χ4v) is 1.06. The lowest BCUT2D eigenvalue weighted by Crippen LogP contribution is -2.24. The molecule has 0 aliphatic rings. The van der Waals surface area contributed by atoms with E-state index in [1.165, 1.54) is 20.3 Å². The summed E-state index contributed by atoms with van der Waals surface area (Å²) in [5, 5.41) is 2.26. The maximum absolute atomic E-state index is 11.2. The molecule has 0 aliphatic carbocycles. The highest BCUT2D eigenvalue weighted by molar-refractivity contribution is 6.37. The van der Waals surface area contributed by atoms with Crippen LogP contribution in [0.3, 0.4) is 0 Å². The van der Waals surface area contributed by atoms with E-state index < -0.39 is 11.9 Å². The number of hydrogen-bond donors (Lipinski definition) is 1. The van der Waals surface area contributed by atoms with Gasteiger partial charge >= 0.3 is 11.9 Å². The van der Waals surface area contributed by atoms with E-state index in [2.05, 4.69) is 15.0 Å². The van der Waals surface area contributed by atoms with Crippen LogP contribution < -0.4 is 14.8 Å². The average molecular weight is 240 g/mol. The number of carbonyl (C=O) groups is 2. The number of rotatable bonds is 3. The lowest BCUT2D eigenvalue weighted by atomic mass is 10.4. The molecule has 1 aromatic heterocycles. The van der Waals surface area contributed by atoms with Gasteiger partial charge in [-0.05, 0) is 12.1 Å². The molecule has 0 saturated carbocycles. The predicted octanol–water partition coefficient (Wildman–Crippen LogP) is 0.210.